The number of benzene rings is 2. The molecule has 0 fully saturated rings. The highest BCUT2D eigenvalue weighted by atomic mass is 16.4. The van der Waals surface area contributed by atoms with Gasteiger partial charge in [-0.1, -0.05) is 49.2 Å². The number of aliphatic carboxylic acids is 1. The summed E-state index contributed by atoms with van der Waals surface area (Å²) in [5.41, 5.74) is 2.22. The van der Waals surface area contributed by atoms with Crippen molar-refractivity contribution in [2.45, 2.75) is 38.5 Å². The number of unbranched alkanes of at least 4 members (excludes halogenated alkanes) is 3. The van der Waals surface area contributed by atoms with E-state index in [1.54, 1.807) is 42.5 Å². The molecule has 1 amide bonds. The van der Waals surface area contributed by atoms with Crippen LogP contribution in [0.1, 0.15) is 69.5 Å². The van der Waals surface area contributed by atoms with Crippen LogP contribution in [0.25, 0.3) is 0 Å². The Morgan fingerprint density at radius 3 is 2.10 bits per heavy atom. The Bertz CT molecular complexity index is 963. The van der Waals surface area contributed by atoms with Gasteiger partial charge in [0.2, 0.25) is 5.91 Å². The normalized spacial score (nSPS) is 12.3. The van der Waals surface area contributed by atoms with Crippen LogP contribution >= 0.6 is 0 Å². The lowest BCUT2D eigenvalue weighted by Gasteiger charge is -2.18. The summed E-state index contributed by atoms with van der Waals surface area (Å²) in [5.74, 6) is -1.30. The van der Waals surface area contributed by atoms with Crippen LogP contribution in [-0.4, -0.2) is 35.1 Å². The Labute approximate surface area is 168 Å². The van der Waals surface area contributed by atoms with Crippen LogP contribution in [-0.2, 0) is 16.0 Å². The topological polar surface area (TPSA) is 101 Å². The average Bonchev–Trinajstić information content (AvgIpc) is 2.71. The number of carboxylic acid groups (broad SMARTS) is 1. The largest absolute Gasteiger partial charge is 0.481 e. The summed E-state index contributed by atoms with van der Waals surface area (Å²) < 4.78 is 0. The second kappa shape index (κ2) is 9.28. The van der Waals surface area contributed by atoms with Crippen LogP contribution in [0.5, 0.6) is 0 Å². The number of nitrogens with one attached hydrogen (secondary N) is 1. The third kappa shape index (κ3) is 4.96. The first-order valence-electron chi connectivity index (χ1n) is 9.77. The maximum atomic E-state index is 12.7. The highest BCUT2D eigenvalue weighted by molar-refractivity contribution is 6.28. The van der Waals surface area contributed by atoms with Gasteiger partial charge in [0.1, 0.15) is 0 Å². The van der Waals surface area contributed by atoms with Crippen molar-refractivity contribution in [1.29, 1.82) is 0 Å². The lowest BCUT2D eigenvalue weighted by molar-refractivity contribution is -0.137. The van der Waals surface area contributed by atoms with Crippen molar-refractivity contribution in [3.05, 3.63) is 70.3 Å². The number of hydrogen-bond donors (Lipinski definition) is 2. The second-order valence-electron chi connectivity index (χ2n) is 7.17. The Hall–Kier alpha value is -3.28. The van der Waals surface area contributed by atoms with Crippen molar-refractivity contribution in [3.63, 3.8) is 0 Å². The van der Waals surface area contributed by atoms with Crippen molar-refractivity contribution in [2.24, 2.45) is 0 Å². The zero-order valence-electron chi connectivity index (χ0n) is 16.1. The summed E-state index contributed by atoms with van der Waals surface area (Å²) in [7, 11) is 0. The highest BCUT2D eigenvalue weighted by Crippen LogP contribution is 2.27. The van der Waals surface area contributed by atoms with E-state index in [1.807, 2.05) is 0 Å². The monoisotopic (exact) mass is 393 g/mol. The van der Waals surface area contributed by atoms with E-state index in [1.165, 1.54) is 0 Å². The first-order valence-corrected chi connectivity index (χ1v) is 9.77. The van der Waals surface area contributed by atoms with E-state index in [9.17, 15) is 19.2 Å². The molecule has 0 atom stereocenters. The summed E-state index contributed by atoms with van der Waals surface area (Å²) in [6.07, 6.45) is 3.44. The predicted molar refractivity (Wildman–Crippen MR) is 107 cm³/mol. The van der Waals surface area contributed by atoms with E-state index in [4.69, 9.17) is 5.11 Å². The van der Waals surface area contributed by atoms with E-state index in [0.29, 0.717) is 40.8 Å². The summed E-state index contributed by atoms with van der Waals surface area (Å²) in [4.78, 5) is 48.0. The highest BCUT2D eigenvalue weighted by Gasteiger charge is 2.29. The second-order valence-corrected chi connectivity index (χ2v) is 7.17. The van der Waals surface area contributed by atoms with E-state index in [2.05, 4.69) is 5.32 Å². The fraction of sp³-hybridized carbons (Fsp3) is 0.304. The van der Waals surface area contributed by atoms with Crippen LogP contribution in [0.2, 0.25) is 0 Å². The molecular formula is C23H23NO5. The number of hydrogen-bond acceptors (Lipinski definition) is 4. The van der Waals surface area contributed by atoms with Crippen molar-refractivity contribution in [2.75, 3.05) is 6.54 Å². The molecule has 150 valence electrons. The molecule has 1 aliphatic rings. The third-order valence-electron chi connectivity index (χ3n) is 4.99. The zero-order valence-corrected chi connectivity index (χ0v) is 16.1. The van der Waals surface area contributed by atoms with Gasteiger partial charge < -0.3 is 10.4 Å². The molecule has 0 heterocycles. The van der Waals surface area contributed by atoms with Gasteiger partial charge in [-0.25, -0.2) is 0 Å². The quantitative estimate of drug-likeness (QED) is 0.544. The van der Waals surface area contributed by atoms with Crippen LogP contribution in [0.15, 0.2) is 42.5 Å². The Kier molecular flexibility index (Phi) is 6.54. The third-order valence-corrected chi connectivity index (χ3v) is 4.99. The minimum Gasteiger partial charge on any atom is -0.481 e. The summed E-state index contributed by atoms with van der Waals surface area (Å²) in [5, 5.41) is 11.4. The van der Waals surface area contributed by atoms with Gasteiger partial charge in [-0.3, -0.25) is 19.2 Å². The van der Waals surface area contributed by atoms with Gasteiger partial charge in [0.25, 0.3) is 0 Å². The molecule has 29 heavy (non-hydrogen) atoms. The fourth-order valence-electron chi connectivity index (χ4n) is 3.49. The zero-order chi connectivity index (χ0) is 20.8. The van der Waals surface area contributed by atoms with Crippen molar-refractivity contribution >= 4 is 23.4 Å². The average molecular weight is 393 g/mol. The van der Waals surface area contributed by atoms with Gasteiger partial charge in [0.05, 0.1) is 6.42 Å². The van der Waals surface area contributed by atoms with E-state index < -0.39 is 5.97 Å². The Morgan fingerprint density at radius 2 is 1.41 bits per heavy atom. The molecule has 6 heteroatoms. The van der Waals surface area contributed by atoms with Crippen molar-refractivity contribution in [3.8, 4) is 0 Å². The van der Waals surface area contributed by atoms with Crippen LogP contribution in [0, 0.1) is 0 Å². The maximum absolute atomic E-state index is 12.7. The Balaban J connectivity index is 1.54. The number of ketones is 2. The molecule has 0 aromatic heterocycles. The molecule has 0 unspecified atom stereocenters. The molecule has 2 aromatic rings. The minimum atomic E-state index is -0.785. The van der Waals surface area contributed by atoms with E-state index >= 15 is 0 Å². The molecule has 0 saturated heterocycles. The lowest BCUT2D eigenvalue weighted by atomic mass is 9.83. The van der Waals surface area contributed by atoms with Crippen LogP contribution < -0.4 is 5.32 Å². The number of carbonyl (C=O) groups excluding carboxylic acids is 3. The summed E-state index contributed by atoms with van der Waals surface area (Å²) in [6, 6.07) is 11.7. The standard InChI is InChI=1S/C23H23NO5/c25-20(24-12-6-2-1-3-9-21(26)27)14-15-10-11-18-19(13-15)23(29)17-8-5-4-7-16(17)22(18)28/h4-5,7-8,10-11,13H,1-3,6,9,12,14H2,(H,24,25)(H,26,27). The molecule has 2 aromatic carbocycles. The molecule has 1 aliphatic carbocycles. The van der Waals surface area contributed by atoms with Gasteiger partial charge >= 0.3 is 5.97 Å². The SMILES string of the molecule is O=C(O)CCCCCCNC(=O)Cc1ccc2c(c1)C(=O)c1ccccc1C2=O. The van der Waals surface area contributed by atoms with Gasteiger partial charge in [-0.2, -0.15) is 0 Å². The van der Waals surface area contributed by atoms with Gasteiger partial charge in [-0.05, 0) is 24.5 Å². The first-order chi connectivity index (χ1) is 14.0. The maximum Gasteiger partial charge on any atom is 0.303 e. The molecule has 0 saturated carbocycles. The molecule has 0 bridgehead atoms. The van der Waals surface area contributed by atoms with E-state index in [0.717, 1.165) is 19.3 Å². The fourth-order valence-corrected chi connectivity index (χ4v) is 3.49. The van der Waals surface area contributed by atoms with Crippen molar-refractivity contribution < 1.29 is 24.3 Å². The summed E-state index contributed by atoms with van der Waals surface area (Å²) in [6.45, 7) is 0.529. The minimum absolute atomic E-state index is 0.134. The molecule has 0 radical (unpaired) electrons. The molecule has 3 rings (SSSR count). The van der Waals surface area contributed by atoms with Gasteiger partial charge in [-0.15, -0.1) is 0 Å². The first kappa shape index (κ1) is 20.5. The predicted octanol–water partition coefficient (Wildman–Crippen LogP) is 3.16. The molecule has 2 N–H and O–H groups in total. The van der Waals surface area contributed by atoms with Crippen molar-refractivity contribution in [1.82, 2.24) is 5.32 Å². The molecular weight excluding hydrogens is 370 g/mol. The van der Waals surface area contributed by atoms with E-state index in [-0.39, 0.29) is 30.3 Å². The molecule has 0 aliphatic heterocycles. The number of amides is 1. The van der Waals surface area contributed by atoms with Gasteiger partial charge in [0, 0.05) is 35.2 Å². The molecule has 0 spiro atoms. The number of fused-ring (bicyclic) bond motifs is 2. The van der Waals surface area contributed by atoms with Crippen LogP contribution in [0.4, 0.5) is 0 Å². The van der Waals surface area contributed by atoms with Crippen LogP contribution in [0.3, 0.4) is 0 Å². The Morgan fingerprint density at radius 1 is 0.793 bits per heavy atom. The summed E-state index contributed by atoms with van der Waals surface area (Å²) >= 11 is 0. The number of carboxylic acids is 1. The number of rotatable bonds is 9. The lowest BCUT2D eigenvalue weighted by Crippen LogP contribution is -2.26. The molecule has 6 nitrogen and oxygen atoms in total. The van der Waals surface area contributed by atoms with Gasteiger partial charge in [0.15, 0.2) is 11.6 Å². The number of carbonyl (C=O) groups is 4. The smallest absolute Gasteiger partial charge is 0.303 e.